The van der Waals surface area contributed by atoms with Gasteiger partial charge in [-0.15, -0.1) is 0 Å². The predicted octanol–water partition coefficient (Wildman–Crippen LogP) is 3.42. The SMILES string of the molecule is COC(=O)c1ccc(Cc2ccc3c(c2)CCCN3)cc1. The lowest BCUT2D eigenvalue weighted by atomic mass is 9.97. The van der Waals surface area contributed by atoms with Crippen molar-refractivity contribution >= 4 is 11.7 Å². The molecule has 108 valence electrons. The lowest BCUT2D eigenvalue weighted by molar-refractivity contribution is 0.0600. The fourth-order valence-corrected chi connectivity index (χ4v) is 2.75. The molecule has 0 amide bonds. The zero-order valence-electron chi connectivity index (χ0n) is 12.2. The second-order valence-corrected chi connectivity index (χ2v) is 5.39. The first-order chi connectivity index (χ1) is 10.3. The van der Waals surface area contributed by atoms with Crippen LogP contribution in [0.15, 0.2) is 42.5 Å². The summed E-state index contributed by atoms with van der Waals surface area (Å²) in [6.07, 6.45) is 3.23. The zero-order valence-corrected chi connectivity index (χ0v) is 12.2. The normalized spacial score (nSPS) is 13.2. The summed E-state index contributed by atoms with van der Waals surface area (Å²) in [5.41, 5.74) is 5.78. The minimum absolute atomic E-state index is 0.290. The van der Waals surface area contributed by atoms with Gasteiger partial charge in [0, 0.05) is 12.2 Å². The summed E-state index contributed by atoms with van der Waals surface area (Å²) in [6, 6.07) is 14.3. The second-order valence-electron chi connectivity index (χ2n) is 5.39. The predicted molar refractivity (Wildman–Crippen MR) is 83.8 cm³/mol. The van der Waals surface area contributed by atoms with E-state index in [0.29, 0.717) is 5.56 Å². The van der Waals surface area contributed by atoms with Crippen LogP contribution >= 0.6 is 0 Å². The number of esters is 1. The minimum atomic E-state index is -0.290. The molecule has 21 heavy (non-hydrogen) atoms. The van der Waals surface area contributed by atoms with Gasteiger partial charge in [0.05, 0.1) is 12.7 Å². The first kappa shape index (κ1) is 13.7. The summed E-state index contributed by atoms with van der Waals surface area (Å²) in [5, 5.41) is 3.43. The van der Waals surface area contributed by atoms with Gasteiger partial charge >= 0.3 is 5.97 Å². The van der Waals surface area contributed by atoms with Crippen LogP contribution in [-0.4, -0.2) is 19.6 Å². The maximum Gasteiger partial charge on any atom is 0.337 e. The number of hydrogen-bond donors (Lipinski definition) is 1. The Bertz CT molecular complexity index is 647. The quantitative estimate of drug-likeness (QED) is 0.876. The van der Waals surface area contributed by atoms with Crippen molar-refractivity contribution in [3.8, 4) is 0 Å². The van der Waals surface area contributed by atoms with Crippen molar-refractivity contribution in [1.29, 1.82) is 0 Å². The van der Waals surface area contributed by atoms with Crippen LogP contribution in [0.4, 0.5) is 5.69 Å². The Hall–Kier alpha value is -2.29. The summed E-state index contributed by atoms with van der Waals surface area (Å²) < 4.78 is 4.71. The number of benzene rings is 2. The van der Waals surface area contributed by atoms with E-state index in [2.05, 4.69) is 23.5 Å². The molecule has 0 saturated heterocycles. The number of carbonyl (C=O) groups is 1. The van der Waals surface area contributed by atoms with Crippen molar-refractivity contribution in [2.75, 3.05) is 19.0 Å². The molecule has 0 bridgehead atoms. The molecule has 3 heteroatoms. The largest absolute Gasteiger partial charge is 0.465 e. The maximum absolute atomic E-state index is 11.4. The van der Waals surface area contributed by atoms with Crippen LogP contribution in [0.25, 0.3) is 0 Å². The van der Waals surface area contributed by atoms with E-state index in [-0.39, 0.29) is 5.97 Å². The third-order valence-electron chi connectivity index (χ3n) is 3.89. The minimum Gasteiger partial charge on any atom is -0.465 e. The van der Waals surface area contributed by atoms with Gasteiger partial charge in [0.2, 0.25) is 0 Å². The molecule has 0 spiro atoms. The third kappa shape index (κ3) is 3.07. The number of rotatable bonds is 3. The number of methoxy groups -OCH3 is 1. The average molecular weight is 281 g/mol. The topological polar surface area (TPSA) is 38.3 Å². The van der Waals surface area contributed by atoms with Gasteiger partial charge in [0.1, 0.15) is 0 Å². The molecule has 3 rings (SSSR count). The Morgan fingerprint density at radius 1 is 1.14 bits per heavy atom. The Kier molecular flexibility index (Phi) is 3.91. The van der Waals surface area contributed by atoms with Crippen molar-refractivity contribution in [3.05, 3.63) is 64.7 Å². The van der Waals surface area contributed by atoms with E-state index in [1.54, 1.807) is 0 Å². The number of carbonyl (C=O) groups excluding carboxylic acids is 1. The molecule has 0 radical (unpaired) electrons. The summed E-state index contributed by atoms with van der Waals surface area (Å²) in [6.45, 7) is 1.07. The highest BCUT2D eigenvalue weighted by molar-refractivity contribution is 5.89. The molecule has 0 saturated carbocycles. The molecule has 1 heterocycles. The van der Waals surface area contributed by atoms with Crippen LogP contribution in [0, 0.1) is 0 Å². The van der Waals surface area contributed by atoms with Gasteiger partial charge in [-0.3, -0.25) is 0 Å². The van der Waals surface area contributed by atoms with E-state index >= 15 is 0 Å². The maximum atomic E-state index is 11.4. The molecule has 1 N–H and O–H groups in total. The Morgan fingerprint density at radius 3 is 2.67 bits per heavy atom. The van der Waals surface area contributed by atoms with Gasteiger partial charge in [-0.05, 0) is 54.2 Å². The smallest absolute Gasteiger partial charge is 0.337 e. The Balaban J connectivity index is 1.75. The molecule has 3 nitrogen and oxygen atoms in total. The highest BCUT2D eigenvalue weighted by Gasteiger charge is 2.09. The van der Waals surface area contributed by atoms with Crippen LogP contribution in [0.5, 0.6) is 0 Å². The van der Waals surface area contributed by atoms with Crippen LogP contribution in [0.1, 0.15) is 33.5 Å². The number of aryl methyl sites for hydroxylation is 1. The van der Waals surface area contributed by atoms with Crippen LogP contribution in [0.3, 0.4) is 0 Å². The van der Waals surface area contributed by atoms with E-state index in [0.717, 1.165) is 19.4 Å². The fraction of sp³-hybridized carbons (Fsp3) is 0.278. The summed E-state index contributed by atoms with van der Waals surface area (Å²) in [5.74, 6) is -0.290. The molecular weight excluding hydrogens is 262 g/mol. The van der Waals surface area contributed by atoms with Gasteiger partial charge in [0.25, 0.3) is 0 Å². The molecule has 1 aliphatic heterocycles. The van der Waals surface area contributed by atoms with Crippen molar-refractivity contribution in [2.45, 2.75) is 19.3 Å². The highest BCUT2D eigenvalue weighted by Crippen LogP contribution is 2.24. The first-order valence-corrected chi connectivity index (χ1v) is 7.29. The van der Waals surface area contributed by atoms with E-state index in [9.17, 15) is 4.79 Å². The van der Waals surface area contributed by atoms with E-state index in [1.165, 1.54) is 35.9 Å². The number of fused-ring (bicyclic) bond motifs is 1. The molecule has 0 unspecified atom stereocenters. The van der Waals surface area contributed by atoms with Crippen LogP contribution in [-0.2, 0) is 17.6 Å². The van der Waals surface area contributed by atoms with E-state index in [1.807, 2.05) is 24.3 Å². The van der Waals surface area contributed by atoms with Gasteiger partial charge < -0.3 is 10.1 Å². The van der Waals surface area contributed by atoms with Crippen molar-refractivity contribution < 1.29 is 9.53 Å². The lowest BCUT2D eigenvalue weighted by Gasteiger charge is -2.18. The fourth-order valence-electron chi connectivity index (χ4n) is 2.75. The summed E-state index contributed by atoms with van der Waals surface area (Å²) in [7, 11) is 1.40. The second kappa shape index (κ2) is 6.00. The number of nitrogens with one attached hydrogen (secondary N) is 1. The Morgan fingerprint density at radius 2 is 1.90 bits per heavy atom. The van der Waals surface area contributed by atoms with Crippen LogP contribution < -0.4 is 5.32 Å². The number of ether oxygens (including phenoxy) is 1. The van der Waals surface area contributed by atoms with E-state index in [4.69, 9.17) is 4.74 Å². The number of hydrogen-bond acceptors (Lipinski definition) is 3. The molecule has 0 aliphatic carbocycles. The zero-order chi connectivity index (χ0) is 14.7. The Labute approximate surface area is 124 Å². The molecule has 0 atom stereocenters. The molecule has 2 aromatic carbocycles. The molecule has 2 aromatic rings. The summed E-state index contributed by atoms with van der Waals surface area (Å²) in [4.78, 5) is 11.4. The van der Waals surface area contributed by atoms with Gasteiger partial charge in [-0.25, -0.2) is 4.79 Å². The molecule has 1 aliphatic rings. The molecule has 0 fully saturated rings. The van der Waals surface area contributed by atoms with Crippen molar-refractivity contribution in [1.82, 2.24) is 0 Å². The monoisotopic (exact) mass is 281 g/mol. The molecular formula is C18H19NO2. The van der Waals surface area contributed by atoms with Gasteiger partial charge in [-0.1, -0.05) is 24.3 Å². The third-order valence-corrected chi connectivity index (χ3v) is 3.89. The van der Waals surface area contributed by atoms with E-state index < -0.39 is 0 Å². The van der Waals surface area contributed by atoms with Gasteiger partial charge in [-0.2, -0.15) is 0 Å². The van der Waals surface area contributed by atoms with Crippen molar-refractivity contribution in [2.24, 2.45) is 0 Å². The van der Waals surface area contributed by atoms with Crippen molar-refractivity contribution in [3.63, 3.8) is 0 Å². The number of anilines is 1. The molecule has 0 aromatic heterocycles. The summed E-state index contributed by atoms with van der Waals surface area (Å²) >= 11 is 0. The lowest BCUT2D eigenvalue weighted by Crippen LogP contribution is -2.11. The average Bonchev–Trinajstić information content (AvgIpc) is 2.55. The van der Waals surface area contributed by atoms with Gasteiger partial charge in [0.15, 0.2) is 0 Å². The van der Waals surface area contributed by atoms with Crippen LogP contribution in [0.2, 0.25) is 0 Å². The first-order valence-electron chi connectivity index (χ1n) is 7.29. The standard InChI is InChI=1S/C18H19NO2/c1-21-18(20)15-7-4-13(5-8-15)11-14-6-9-17-16(12-14)3-2-10-19-17/h4-9,12,19H,2-3,10-11H2,1H3. The highest BCUT2D eigenvalue weighted by atomic mass is 16.5.